The first kappa shape index (κ1) is 16.4. The molecule has 2 N–H and O–H groups in total. The number of hydrogen-bond donors (Lipinski definition) is 2. The van der Waals surface area contributed by atoms with Crippen molar-refractivity contribution in [2.45, 2.75) is 33.6 Å². The number of nitrogens with one attached hydrogen (secondary N) is 1. The minimum Gasteiger partial charge on any atom is -0.478 e. The molecule has 1 amide bonds. The number of rotatable bonds is 8. The molecule has 0 unspecified atom stereocenters. The summed E-state index contributed by atoms with van der Waals surface area (Å²) in [5, 5.41) is 12.3. The van der Waals surface area contributed by atoms with Crippen LogP contribution in [0, 0.1) is 5.41 Å². The molecule has 0 aliphatic heterocycles. The summed E-state index contributed by atoms with van der Waals surface area (Å²) >= 11 is 0. The molecule has 0 aliphatic rings. The van der Waals surface area contributed by atoms with Gasteiger partial charge in [-0.1, -0.05) is 13.8 Å². The average molecular weight is 280 g/mol. The number of pyridine rings is 1. The van der Waals surface area contributed by atoms with Gasteiger partial charge in [0.05, 0.1) is 18.8 Å². The summed E-state index contributed by atoms with van der Waals surface area (Å²) in [5.41, 5.74) is 0.251. The number of aliphatic hydroxyl groups is 1. The second-order valence-electron chi connectivity index (χ2n) is 4.87. The molecule has 0 saturated carbocycles. The zero-order valence-corrected chi connectivity index (χ0v) is 12.5. The van der Waals surface area contributed by atoms with Gasteiger partial charge in [-0.2, -0.15) is 0 Å². The summed E-state index contributed by atoms with van der Waals surface area (Å²) < 4.78 is 5.23. The van der Waals surface area contributed by atoms with E-state index in [-0.39, 0.29) is 17.9 Å². The molecule has 0 aromatic carbocycles. The molecule has 5 heteroatoms. The van der Waals surface area contributed by atoms with Crippen LogP contribution in [-0.4, -0.2) is 35.8 Å². The van der Waals surface area contributed by atoms with Crippen molar-refractivity contribution in [3.05, 3.63) is 23.9 Å². The predicted octanol–water partition coefficient (Wildman–Crippen LogP) is 2.01. The van der Waals surface area contributed by atoms with Gasteiger partial charge in [0.2, 0.25) is 5.88 Å². The molecule has 20 heavy (non-hydrogen) atoms. The fraction of sp³-hybridized carbons (Fsp3) is 0.600. The molecular formula is C15H24N2O3. The molecule has 0 saturated heterocycles. The van der Waals surface area contributed by atoms with Crippen LogP contribution in [0.3, 0.4) is 0 Å². The lowest BCUT2D eigenvalue weighted by Gasteiger charge is -2.29. The third kappa shape index (κ3) is 4.20. The zero-order valence-electron chi connectivity index (χ0n) is 12.5. The molecule has 1 aromatic heterocycles. The first-order chi connectivity index (χ1) is 9.60. The molecule has 112 valence electrons. The number of aromatic nitrogens is 1. The topological polar surface area (TPSA) is 71.5 Å². The van der Waals surface area contributed by atoms with Gasteiger partial charge in [0, 0.05) is 24.2 Å². The zero-order chi connectivity index (χ0) is 15.0. The third-order valence-corrected chi connectivity index (χ3v) is 3.75. The van der Waals surface area contributed by atoms with Gasteiger partial charge < -0.3 is 15.2 Å². The van der Waals surface area contributed by atoms with E-state index in [1.165, 1.54) is 6.20 Å². The molecule has 0 spiro atoms. The Balaban J connectivity index is 2.62. The second kappa shape index (κ2) is 7.85. The van der Waals surface area contributed by atoms with E-state index in [9.17, 15) is 9.90 Å². The number of carbonyl (C=O) groups excluding carboxylic acids is 1. The van der Waals surface area contributed by atoms with Crippen LogP contribution in [0.5, 0.6) is 5.88 Å². The molecule has 1 aromatic rings. The van der Waals surface area contributed by atoms with E-state index >= 15 is 0 Å². The highest BCUT2D eigenvalue weighted by Crippen LogP contribution is 2.24. The predicted molar refractivity (Wildman–Crippen MR) is 77.8 cm³/mol. The van der Waals surface area contributed by atoms with Crippen molar-refractivity contribution in [1.29, 1.82) is 0 Å². The number of carbonyl (C=O) groups is 1. The van der Waals surface area contributed by atoms with E-state index in [0.717, 1.165) is 12.8 Å². The average Bonchev–Trinajstić information content (AvgIpc) is 2.50. The number of amides is 1. The summed E-state index contributed by atoms with van der Waals surface area (Å²) in [4.78, 5) is 16.1. The molecule has 0 bridgehead atoms. The Bertz CT molecular complexity index is 405. The van der Waals surface area contributed by atoms with Crippen LogP contribution in [0.4, 0.5) is 0 Å². The van der Waals surface area contributed by atoms with Gasteiger partial charge in [-0.3, -0.25) is 4.79 Å². The lowest BCUT2D eigenvalue weighted by molar-refractivity contribution is 0.0850. The fourth-order valence-electron chi connectivity index (χ4n) is 1.90. The van der Waals surface area contributed by atoms with Crippen LogP contribution in [0.1, 0.15) is 44.0 Å². The molecule has 5 nitrogen and oxygen atoms in total. The van der Waals surface area contributed by atoms with Crippen LogP contribution in [0.15, 0.2) is 18.3 Å². The van der Waals surface area contributed by atoms with Gasteiger partial charge in [0.1, 0.15) is 0 Å². The minimum absolute atomic E-state index is 0.0712. The van der Waals surface area contributed by atoms with E-state index in [2.05, 4.69) is 10.3 Å². The lowest BCUT2D eigenvalue weighted by Crippen LogP contribution is -2.39. The molecule has 0 fully saturated rings. The Morgan fingerprint density at radius 2 is 2.05 bits per heavy atom. The summed E-state index contributed by atoms with van der Waals surface area (Å²) in [6, 6.07) is 3.36. The standard InChI is InChI=1S/C15H24N2O3/c1-4-15(5-2,11-18)10-17-14(19)12-7-8-13(16-9-12)20-6-3/h7-9,18H,4-6,10-11H2,1-3H3,(H,17,19). The summed E-state index contributed by atoms with van der Waals surface area (Å²) in [5.74, 6) is 0.330. The Kier molecular flexibility index (Phi) is 6.45. The van der Waals surface area contributed by atoms with Crippen molar-refractivity contribution >= 4 is 5.91 Å². The van der Waals surface area contributed by atoms with Crippen molar-refractivity contribution in [2.24, 2.45) is 5.41 Å². The first-order valence-electron chi connectivity index (χ1n) is 7.08. The highest BCUT2D eigenvalue weighted by molar-refractivity contribution is 5.93. The van der Waals surface area contributed by atoms with Crippen LogP contribution < -0.4 is 10.1 Å². The minimum atomic E-state index is -0.242. The van der Waals surface area contributed by atoms with Crippen molar-refractivity contribution in [1.82, 2.24) is 10.3 Å². The largest absolute Gasteiger partial charge is 0.478 e. The van der Waals surface area contributed by atoms with E-state index in [1.807, 2.05) is 20.8 Å². The summed E-state index contributed by atoms with van der Waals surface area (Å²) in [6.07, 6.45) is 3.14. The SMILES string of the molecule is CCOc1ccc(C(=O)NCC(CC)(CC)CO)cn1. The lowest BCUT2D eigenvalue weighted by atomic mass is 9.83. The van der Waals surface area contributed by atoms with Gasteiger partial charge in [0.15, 0.2) is 0 Å². The van der Waals surface area contributed by atoms with Crippen LogP contribution in [0.25, 0.3) is 0 Å². The van der Waals surface area contributed by atoms with Gasteiger partial charge in [-0.05, 0) is 25.8 Å². The van der Waals surface area contributed by atoms with Crippen molar-refractivity contribution < 1.29 is 14.6 Å². The van der Waals surface area contributed by atoms with E-state index < -0.39 is 0 Å². The van der Waals surface area contributed by atoms with Crippen molar-refractivity contribution in [2.75, 3.05) is 19.8 Å². The Labute approximate surface area is 120 Å². The Hall–Kier alpha value is -1.62. The van der Waals surface area contributed by atoms with Gasteiger partial charge >= 0.3 is 0 Å². The summed E-state index contributed by atoms with van der Waals surface area (Å²) in [7, 11) is 0. The maximum Gasteiger partial charge on any atom is 0.252 e. The summed E-state index contributed by atoms with van der Waals surface area (Å²) in [6.45, 7) is 7.00. The molecule has 0 aliphatic carbocycles. The third-order valence-electron chi connectivity index (χ3n) is 3.75. The quantitative estimate of drug-likeness (QED) is 0.764. The number of aliphatic hydroxyl groups excluding tert-OH is 1. The monoisotopic (exact) mass is 280 g/mol. The molecule has 1 rings (SSSR count). The van der Waals surface area contributed by atoms with Crippen molar-refractivity contribution in [3.63, 3.8) is 0 Å². The molecule has 1 heterocycles. The van der Waals surface area contributed by atoms with Crippen molar-refractivity contribution in [3.8, 4) is 5.88 Å². The van der Waals surface area contributed by atoms with Crippen LogP contribution in [0.2, 0.25) is 0 Å². The van der Waals surface area contributed by atoms with Gasteiger partial charge in [-0.25, -0.2) is 4.98 Å². The Morgan fingerprint density at radius 1 is 1.35 bits per heavy atom. The van der Waals surface area contributed by atoms with Crippen LogP contribution in [-0.2, 0) is 0 Å². The van der Waals surface area contributed by atoms with E-state index in [1.54, 1.807) is 12.1 Å². The number of nitrogens with zero attached hydrogens (tertiary/aromatic N) is 1. The maximum atomic E-state index is 12.0. The second-order valence-corrected chi connectivity index (χ2v) is 4.87. The normalized spacial score (nSPS) is 11.2. The first-order valence-corrected chi connectivity index (χ1v) is 7.08. The van der Waals surface area contributed by atoms with Gasteiger partial charge in [-0.15, -0.1) is 0 Å². The smallest absolute Gasteiger partial charge is 0.252 e. The van der Waals surface area contributed by atoms with E-state index in [0.29, 0.717) is 24.6 Å². The highest BCUT2D eigenvalue weighted by Gasteiger charge is 2.25. The number of hydrogen-bond acceptors (Lipinski definition) is 4. The maximum absolute atomic E-state index is 12.0. The fourth-order valence-corrected chi connectivity index (χ4v) is 1.90. The molecule has 0 radical (unpaired) electrons. The van der Waals surface area contributed by atoms with E-state index in [4.69, 9.17) is 4.74 Å². The molecular weight excluding hydrogens is 256 g/mol. The van der Waals surface area contributed by atoms with Gasteiger partial charge in [0.25, 0.3) is 5.91 Å². The molecule has 0 atom stereocenters. The highest BCUT2D eigenvalue weighted by atomic mass is 16.5. The number of ether oxygens (including phenoxy) is 1. The van der Waals surface area contributed by atoms with Crippen LogP contribution >= 0.6 is 0 Å². The Morgan fingerprint density at radius 3 is 2.50 bits per heavy atom.